The molecule has 1 aromatic heterocycles. The number of carbonyl (C=O) groups is 2. The van der Waals surface area contributed by atoms with Gasteiger partial charge in [-0.05, 0) is 60.7 Å². The number of ether oxygens (including phenoxy) is 2. The largest absolute Gasteiger partial charge is 0.497 e. The summed E-state index contributed by atoms with van der Waals surface area (Å²) in [7, 11) is -0.827. The van der Waals surface area contributed by atoms with Crippen molar-refractivity contribution in [3.8, 4) is 5.75 Å². The number of nitro benzene ring substituents is 1. The number of nitro groups is 1. The monoisotopic (exact) mass is 738 g/mol. The molecule has 4 atom stereocenters. The Morgan fingerprint density at radius 2 is 1.89 bits per heavy atom. The molecule has 2 amide bonds. The number of amides is 2. The normalized spacial score (nSPS) is 22.8. The molecular weight excluding hydrogens is 693 g/mol. The van der Waals surface area contributed by atoms with Crippen LogP contribution in [0.25, 0.3) is 0 Å². The number of non-ortho nitro benzene ring substituents is 1. The van der Waals surface area contributed by atoms with Gasteiger partial charge in [0.05, 0.1) is 44.1 Å². The average Bonchev–Trinajstić information content (AvgIpc) is 3.80. The van der Waals surface area contributed by atoms with Gasteiger partial charge in [-0.3, -0.25) is 24.4 Å². The lowest BCUT2D eigenvalue weighted by Crippen LogP contribution is -2.51. The lowest BCUT2D eigenvalue weighted by atomic mass is 9.82. The number of rotatable bonds is 12. The summed E-state index contributed by atoms with van der Waals surface area (Å²) in [5, 5.41) is 31.2. The lowest BCUT2D eigenvalue weighted by Gasteiger charge is -2.37. The summed E-state index contributed by atoms with van der Waals surface area (Å²) in [4.78, 5) is 43.3. The highest BCUT2D eigenvalue weighted by atomic mass is 28.3. The Morgan fingerprint density at radius 1 is 1.09 bits per heavy atom. The lowest BCUT2D eigenvalue weighted by molar-refractivity contribution is -0.385. The molecule has 3 aromatic carbocycles. The van der Waals surface area contributed by atoms with E-state index >= 15 is 4.79 Å². The van der Waals surface area contributed by atoms with Crippen molar-refractivity contribution in [3.63, 3.8) is 0 Å². The standard InChI is InChI=1S/C39H46N6O7Si/c1-26-37(53(3,4)32-14-12-31(51-2)13-15-32)35(17-20-42-25-28(18-21-46)40-41-42)52-39(26)33-23-30(45(49)50)11-16-34(33)44(38(39)48)24-27-8-7-9-29(22-27)43-19-6-5-10-36(43)47/h7-9,11-16,22-23,25-26,35,37,46H,5-6,10,17-21,24H2,1-4H3/t26-,35+,37-,39+/m1/s1. The molecule has 1 spiro atoms. The zero-order valence-electron chi connectivity index (χ0n) is 30.6. The van der Waals surface area contributed by atoms with Gasteiger partial charge in [-0.2, -0.15) is 0 Å². The van der Waals surface area contributed by atoms with E-state index in [-0.39, 0.29) is 42.1 Å². The second-order valence-electron chi connectivity index (χ2n) is 14.9. The summed E-state index contributed by atoms with van der Waals surface area (Å²) < 4.78 is 14.4. The molecule has 0 saturated carbocycles. The van der Waals surface area contributed by atoms with Crippen LogP contribution in [0.1, 0.15) is 49.4 Å². The molecule has 7 rings (SSSR count). The smallest absolute Gasteiger partial charge is 0.269 e. The van der Waals surface area contributed by atoms with E-state index in [1.165, 1.54) is 17.3 Å². The number of hydrogen-bond acceptors (Lipinski definition) is 9. The summed E-state index contributed by atoms with van der Waals surface area (Å²) >= 11 is 0. The Morgan fingerprint density at radius 3 is 2.60 bits per heavy atom. The molecule has 2 saturated heterocycles. The van der Waals surface area contributed by atoms with Gasteiger partial charge in [-0.1, -0.05) is 54.7 Å². The average molecular weight is 739 g/mol. The van der Waals surface area contributed by atoms with Crippen molar-refractivity contribution in [1.82, 2.24) is 15.0 Å². The third-order valence-corrected chi connectivity index (χ3v) is 15.9. The Balaban J connectivity index is 1.29. The number of piperidine rings is 1. The van der Waals surface area contributed by atoms with Crippen molar-refractivity contribution in [3.05, 3.63) is 99.9 Å². The van der Waals surface area contributed by atoms with Gasteiger partial charge in [0.1, 0.15) is 5.75 Å². The Bertz CT molecular complexity index is 2020. The van der Waals surface area contributed by atoms with E-state index in [1.807, 2.05) is 47.5 Å². The maximum atomic E-state index is 15.2. The van der Waals surface area contributed by atoms with Crippen molar-refractivity contribution in [2.75, 3.05) is 30.1 Å². The van der Waals surface area contributed by atoms with Crippen LogP contribution in [-0.4, -0.2) is 71.3 Å². The van der Waals surface area contributed by atoms with E-state index < -0.39 is 24.7 Å². The number of aryl methyl sites for hydroxylation is 1. The van der Waals surface area contributed by atoms with Crippen LogP contribution in [0.4, 0.5) is 17.1 Å². The summed E-state index contributed by atoms with van der Waals surface area (Å²) in [5.41, 5.74) is 1.75. The predicted molar refractivity (Wildman–Crippen MR) is 202 cm³/mol. The number of aromatic nitrogens is 3. The highest BCUT2D eigenvalue weighted by molar-refractivity contribution is 6.91. The molecule has 4 aromatic rings. The molecule has 0 bridgehead atoms. The number of fused-ring (bicyclic) bond motifs is 2. The number of benzene rings is 3. The molecule has 13 nitrogen and oxygen atoms in total. The van der Waals surface area contributed by atoms with Crippen LogP contribution in [-0.2, 0) is 39.4 Å². The van der Waals surface area contributed by atoms with E-state index in [0.717, 1.165) is 29.8 Å². The fraction of sp³-hybridized carbons (Fsp3) is 0.436. The highest BCUT2D eigenvalue weighted by Gasteiger charge is 2.66. The second-order valence-corrected chi connectivity index (χ2v) is 19.6. The van der Waals surface area contributed by atoms with Gasteiger partial charge in [-0.25, -0.2) is 0 Å². The van der Waals surface area contributed by atoms with Crippen LogP contribution in [0.15, 0.2) is 72.9 Å². The number of aliphatic hydroxyl groups excluding tert-OH is 1. The number of nitrogens with zero attached hydrogens (tertiary/aromatic N) is 6. The van der Waals surface area contributed by atoms with E-state index in [9.17, 15) is 20.0 Å². The highest BCUT2D eigenvalue weighted by Crippen LogP contribution is 2.60. The van der Waals surface area contributed by atoms with Gasteiger partial charge in [-0.15, -0.1) is 5.10 Å². The molecule has 1 N–H and O–H groups in total. The number of methoxy groups -OCH3 is 1. The van der Waals surface area contributed by atoms with Gasteiger partial charge in [0.15, 0.2) is 5.60 Å². The van der Waals surface area contributed by atoms with Gasteiger partial charge in [0.25, 0.3) is 11.6 Å². The van der Waals surface area contributed by atoms with Crippen molar-refractivity contribution < 1.29 is 29.1 Å². The quantitative estimate of drug-likeness (QED) is 0.119. The first-order chi connectivity index (χ1) is 25.5. The number of aliphatic hydroxyl groups is 1. The van der Waals surface area contributed by atoms with Crippen LogP contribution in [0.5, 0.6) is 5.75 Å². The molecule has 0 radical (unpaired) electrons. The van der Waals surface area contributed by atoms with Gasteiger partial charge >= 0.3 is 0 Å². The Hall–Kier alpha value is -4.92. The van der Waals surface area contributed by atoms with Crippen LogP contribution in [0.3, 0.4) is 0 Å². The minimum absolute atomic E-state index is 0.0287. The summed E-state index contributed by atoms with van der Waals surface area (Å²) in [6, 6.07) is 20.5. The first-order valence-corrected chi connectivity index (χ1v) is 21.4. The number of hydrogen-bond donors (Lipinski definition) is 1. The first kappa shape index (κ1) is 36.4. The molecule has 278 valence electrons. The van der Waals surface area contributed by atoms with Crippen molar-refractivity contribution >= 4 is 42.1 Å². The SMILES string of the molecule is COc1ccc([Si](C)(C)[C@H]2[C@H](CCn3cc(CCO)nn3)O[C@@]3(C(=O)N(Cc4cccc(N5CCCCC5=O)c4)c4ccc([N+](=O)[O-])cc43)[C@@H]2C)cc1. The zero-order valence-corrected chi connectivity index (χ0v) is 31.6. The van der Waals surface area contributed by atoms with Crippen LogP contribution >= 0.6 is 0 Å². The molecule has 0 aliphatic carbocycles. The van der Waals surface area contributed by atoms with Crippen LogP contribution in [0, 0.1) is 16.0 Å². The van der Waals surface area contributed by atoms with Crippen molar-refractivity contribution in [1.29, 1.82) is 0 Å². The minimum Gasteiger partial charge on any atom is -0.497 e. The molecule has 3 aliphatic heterocycles. The number of carbonyl (C=O) groups excluding carboxylic acids is 2. The van der Waals surface area contributed by atoms with Gasteiger partial charge < -0.3 is 24.4 Å². The van der Waals surface area contributed by atoms with Crippen molar-refractivity contribution in [2.24, 2.45) is 5.92 Å². The van der Waals surface area contributed by atoms with Gasteiger partial charge in [0, 0.05) is 68.0 Å². The Labute approximate surface area is 309 Å². The third kappa shape index (κ3) is 6.53. The number of anilines is 2. The molecule has 53 heavy (non-hydrogen) atoms. The maximum absolute atomic E-state index is 15.2. The molecule has 3 aliphatic rings. The predicted octanol–water partition coefficient (Wildman–Crippen LogP) is 5.10. The van der Waals surface area contributed by atoms with E-state index in [1.54, 1.807) is 22.8 Å². The first-order valence-electron chi connectivity index (χ1n) is 18.3. The van der Waals surface area contributed by atoms with Gasteiger partial charge in [0.2, 0.25) is 5.91 Å². The second kappa shape index (κ2) is 14.5. The van der Waals surface area contributed by atoms with Crippen LogP contribution < -0.4 is 19.7 Å². The van der Waals surface area contributed by atoms with E-state index in [4.69, 9.17) is 9.47 Å². The topological polar surface area (TPSA) is 153 Å². The summed E-state index contributed by atoms with van der Waals surface area (Å²) in [6.45, 7) is 7.94. The molecule has 4 heterocycles. The van der Waals surface area contributed by atoms with Crippen molar-refractivity contribution in [2.45, 2.75) is 82.5 Å². The fourth-order valence-electron chi connectivity index (χ4n) is 8.86. The minimum atomic E-state index is -2.46. The maximum Gasteiger partial charge on any atom is 0.269 e. The molecular formula is C39H46N6O7Si. The van der Waals surface area contributed by atoms with Crippen LogP contribution in [0.2, 0.25) is 18.6 Å². The molecule has 2 fully saturated rings. The summed E-state index contributed by atoms with van der Waals surface area (Å²) in [6.07, 6.45) is 4.67. The Kier molecular flexibility index (Phi) is 9.96. The zero-order chi connectivity index (χ0) is 37.5. The molecule has 0 unspecified atom stereocenters. The third-order valence-electron chi connectivity index (χ3n) is 11.5. The molecule has 14 heteroatoms. The summed E-state index contributed by atoms with van der Waals surface area (Å²) in [5.74, 6) is 0.237. The van der Waals surface area contributed by atoms with E-state index in [0.29, 0.717) is 49.3 Å². The van der Waals surface area contributed by atoms with E-state index in [2.05, 4.69) is 42.5 Å². The fourth-order valence-corrected chi connectivity index (χ4v) is 12.9.